The second-order valence-corrected chi connectivity index (χ2v) is 6.09. The summed E-state index contributed by atoms with van der Waals surface area (Å²) in [6.45, 7) is 2.17. The van der Waals surface area contributed by atoms with Gasteiger partial charge >= 0.3 is 0 Å². The first kappa shape index (κ1) is 15.4. The molecule has 20 heavy (non-hydrogen) atoms. The Bertz CT molecular complexity index is 410. The SMILES string of the molecule is CSCCC(=O)N1CCO[C@@H](CCc2ccccc2)C1. The topological polar surface area (TPSA) is 29.5 Å². The van der Waals surface area contributed by atoms with Crippen LogP contribution in [0.25, 0.3) is 0 Å². The molecule has 2 rings (SSSR count). The molecule has 0 saturated carbocycles. The molecule has 1 aliphatic rings. The molecule has 1 saturated heterocycles. The monoisotopic (exact) mass is 293 g/mol. The van der Waals surface area contributed by atoms with Gasteiger partial charge in [-0.1, -0.05) is 30.3 Å². The Morgan fingerprint density at radius 3 is 2.95 bits per heavy atom. The number of benzene rings is 1. The third-order valence-electron chi connectivity index (χ3n) is 3.61. The summed E-state index contributed by atoms with van der Waals surface area (Å²) in [7, 11) is 0. The molecule has 0 spiro atoms. The number of thioether (sulfide) groups is 1. The van der Waals surface area contributed by atoms with Gasteiger partial charge in [-0.3, -0.25) is 4.79 Å². The highest BCUT2D eigenvalue weighted by atomic mass is 32.2. The van der Waals surface area contributed by atoms with Gasteiger partial charge in [0.1, 0.15) is 0 Å². The highest BCUT2D eigenvalue weighted by molar-refractivity contribution is 7.98. The van der Waals surface area contributed by atoms with Crippen molar-refractivity contribution in [2.75, 3.05) is 31.7 Å². The van der Waals surface area contributed by atoms with Crippen LogP contribution in [0.1, 0.15) is 18.4 Å². The van der Waals surface area contributed by atoms with Gasteiger partial charge in [0.2, 0.25) is 5.91 Å². The van der Waals surface area contributed by atoms with Crippen molar-refractivity contribution in [1.29, 1.82) is 0 Å². The molecule has 3 nitrogen and oxygen atoms in total. The molecule has 1 amide bonds. The standard InChI is InChI=1S/C16H23NO2S/c1-20-12-9-16(18)17-10-11-19-15(13-17)8-7-14-5-3-2-4-6-14/h2-6,15H,7-13H2,1H3/t15-/m0/s1. The molecule has 4 heteroatoms. The summed E-state index contributed by atoms with van der Waals surface area (Å²) in [5.41, 5.74) is 1.34. The quantitative estimate of drug-likeness (QED) is 0.807. The Balaban J connectivity index is 1.77. The fourth-order valence-electron chi connectivity index (χ4n) is 2.44. The lowest BCUT2D eigenvalue weighted by Crippen LogP contribution is -2.45. The third kappa shape index (κ3) is 4.84. The average molecular weight is 293 g/mol. The predicted octanol–water partition coefficient (Wildman–Crippen LogP) is 2.60. The van der Waals surface area contributed by atoms with E-state index < -0.39 is 0 Å². The summed E-state index contributed by atoms with van der Waals surface area (Å²) < 4.78 is 5.79. The Kier molecular flexibility index (Phi) is 6.40. The van der Waals surface area contributed by atoms with E-state index in [9.17, 15) is 4.79 Å². The molecule has 0 radical (unpaired) electrons. The van der Waals surface area contributed by atoms with Crippen LogP contribution < -0.4 is 0 Å². The van der Waals surface area contributed by atoms with Crippen molar-refractivity contribution in [3.05, 3.63) is 35.9 Å². The second kappa shape index (κ2) is 8.32. The van der Waals surface area contributed by atoms with Gasteiger partial charge in [0.15, 0.2) is 0 Å². The first-order chi connectivity index (χ1) is 9.79. The first-order valence-corrected chi connectivity index (χ1v) is 8.61. The average Bonchev–Trinajstić information content (AvgIpc) is 2.52. The number of ether oxygens (including phenoxy) is 1. The van der Waals surface area contributed by atoms with Crippen molar-refractivity contribution in [2.24, 2.45) is 0 Å². The minimum Gasteiger partial charge on any atom is -0.375 e. The van der Waals surface area contributed by atoms with E-state index in [1.807, 2.05) is 17.2 Å². The molecule has 110 valence electrons. The number of nitrogens with zero attached hydrogens (tertiary/aromatic N) is 1. The molecule has 0 N–H and O–H groups in total. The maximum atomic E-state index is 12.0. The molecule has 1 atom stereocenters. The van der Waals surface area contributed by atoms with E-state index in [0.717, 1.165) is 31.7 Å². The number of morpholine rings is 1. The molecule has 0 aromatic heterocycles. The number of hydrogen-bond donors (Lipinski definition) is 0. The normalized spacial score (nSPS) is 19.1. The lowest BCUT2D eigenvalue weighted by atomic mass is 10.1. The van der Waals surface area contributed by atoms with Gasteiger partial charge in [-0.2, -0.15) is 11.8 Å². The number of rotatable bonds is 6. The van der Waals surface area contributed by atoms with Gasteiger partial charge in [0.25, 0.3) is 0 Å². The van der Waals surface area contributed by atoms with Gasteiger partial charge in [-0.25, -0.2) is 0 Å². The van der Waals surface area contributed by atoms with E-state index in [1.165, 1.54) is 5.56 Å². The number of hydrogen-bond acceptors (Lipinski definition) is 3. The van der Waals surface area contributed by atoms with Crippen molar-refractivity contribution in [3.8, 4) is 0 Å². The van der Waals surface area contributed by atoms with Crippen molar-refractivity contribution >= 4 is 17.7 Å². The minimum atomic E-state index is 0.183. The summed E-state index contributed by atoms with van der Waals surface area (Å²) in [6, 6.07) is 10.5. The van der Waals surface area contributed by atoms with Crippen LogP contribution in [0.5, 0.6) is 0 Å². The summed E-state index contributed by atoms with van der Waals surface area (Å²) in [6.07, 6.45) is 4.86. The molecular formula is C16H23NO2S. The Morgan fingerprint density at radius 1 is 1.40 bits per heavy atom. The second-order valence-electron chi connectivity index (χ2n) is 5.10. The summed E-state index contributed by atoms with van der Waals surface area (Å²) in [5, 5.41) is 0. The first-order valence-electron chi connectivity index (χ1n) is 7.22. The molecule has 1 aliphatic heterocycles. The van der Waals surface area contributed by atoms with E-state index in [4.69, 9.17) is 4.74 Å². The maximum absolute atomic E-state index is 12.0. The van der Waals surface area contributed by atoms with Crippen LogP contribution in [0.3, 0.4) is 0 Å². The van der Waals surface area contributed by atoms with Gasteiger partial charge in [0, 0.05) is 25.3 Å². The van der Waals surface area contributed by atoms with Crippen LogP contribution in [-0.2, 0) is 16.0 Å². The van der Waals surface area contributed by atoms with Crippen LogP contribution in [0.4, 0.5) is 0 Å². The van der Waals surface area contributed by atoms with E-state index in [1.54, 1.807) is 11.8 Å². The molecule has 1 aromatic carbocycles. The summed E-state index contributed by atoms with van der Waals surface area (Å²) in [4.78, 5) is 14.0. The molecule has 0 aliphatic carbocycles. The van der Waals surface area contributed by atoms with Crippen LogP contribution in [-0.4, -0.2) is 48.6 Å². The number of carbonyl (C=O) groups is 1. The largest absolute Gasteiger partial charge is 0.375 e. The van der Waals surface area contributed by atoms with E-state index >= 15 is 0 Å². The lowest BCUT2D eigenvalue weighted by molar-refractivity contribution is -0.138. The van der Waals surface area contributed by atoms with E-state index in [2.05, 4.69) is 24.3 Å². The molecule has 1 aromatic rings. The fraction of sp³-hybridized carbons (Fsp3) is 0.562. The van der Waals surface area contributed by atoms with Crippen molar-refractivity contribution in [2.45, 2.75) is 25.4 Å². The van der Waals surface area contributed by atoms with Crippen molar-refractivity contribution in [1.82, 2.24) is 4.90 Å². The molecule has 1 heterocycles. The molecule has 1 fully saturated rings. The van der Waals surface area contributed by atoms with Gasteiger partial charge < -0.3 is 9.64 Å². The van der Waals surface area contributed by atoms with Crippen LogP contribution in [0.2, 0.25) is 0 Å². The Hall–Kier alpha value is -1.00. The van der Waals surface area contributed by atoms with Gasteiger partial charge in [-0.05, 0) is 24.7 Å². The Labute approximate surface area is 125 Å². The van der Waals surface area contributed by atoms with E-state index in [0.29, 0.717) is 13.0 Å². The maximum Gasteiger partial charge on any atom is 0.223 e. The van der Waals surface area contributed by atoms with Crippen LogP contribution in [0, 0.1) is 0 Å². The number of amides is 1. The zero-order chi connectivity index (χ0) is 14.2. The van der Waals surface area contributed by atoms with Gasteiger partial charge in [-0.15, -0.1) is 0 Å². The number of carbonyl (C=O) groups excluding carboxylic acids is 1. The van der Waals surface area contributed by atoms with Crippen molar-refractivity contribution in [3.63, 3.8) is 0 Å². The highest BCUT2D eigenvalue weighted by Gasteiger charge is 2.23. The third-order valence-corrected chi connectivity index (χ3v) is 4.22. The van der Waals surface area contributed by atoms with E-state index in [-0.39, 0.29) is 12.0 Å². The number of aryl methyl sites for hydroxylation is 1. The van der Waals surface area contributed by atoms with Gasteiger partial charge in [0.05, 0.1) is 12.7 Å². The fourth-order valence-corrected chi connectivity index (χ4v) is 2.82. The Morgan fingerprint density at radius 2 is 2.20 bits per heavy atom. The lowest BCUT2D eigenvalue weighted by Gasteiger charge is -2.33. The van der Waals surface area contributed by atoms with Crippen LogP contribution >= 0.6 is 11.8 Å². The zero-order valence-corrected chi connectivity index (χ0v) is 12.9. The molecular weight excluding hydrogens is 270 g/mol. The minimum absolute atomic E-state index is 0.183. The summed E-state index contributed by atoms with van der Waals surface area (Å²) >= 11 is 1.72. The van der Waals surface area contributed by atoms with Crippen LogP contribution in [0.15, 0.2) is 30.3 Å². The predicted molar refractivity (Wildman–Crippen MR) is 84.1 cm³/mol. The highest BCUT2D eigenvalue weighted by Crippen LogP contribution is 2.14. The molecule has 0 bridgehead atoms. The smallest absolute Gasteiger partial charge is 0.223 e. The zero-order valence-electron chi connectivity index (χ0n) is 12.1. The van der Waals surface area contributed by atoms with Crippen molar-refractivity contribution < 1.29 is 9.53 Å². The molecule has 0 unspecified atom stereocenters. The summed E-state index contributed by atoms with van der Waals surface area (Å²) in [5.74, 6) is 1.18.